The molecule has 1 unspecified atom stereocenters. The summed E-state index contributed by atoms with van der Waals surface area (Å²) in [7, 11) is 1.34. The number of hydrogen-bond acceptors (Lipinski definition) is 7. The minimum atomic E-state index is -0.460. The summed E-state index contributed by atoms with van der Waals surface area (Å²) in [5.41, 5.74) is 1.62. The molecule has 1 saturated heterocycles. The lowest BCUT2D eigenvalue weighted by Gasteiger charge is -2.38. The van der Waals surface area contributed by atoms with E-state index in [2.05, 4.69) is 48.5 Å². The molecule has 3 heterocycles. The average molecular weight is 332 g/mol. The fraction of sp³-hybridized carbons (Fsp3) is 0.438. The molecule has 0 amide bonds. The molecule has 1 aliphatic rings. The van der Waals surface area contributed by atoms with Gasteiger partial charge in [0.1, 0.15) is 0 Å². The van der Waals surface area contributed by atoms with E-state index in [0.717, 1.165) is 32.0 Å². The van der Waals surface area contributed by atoms with Crippen molar-refractivity contribution in [1.82, 2.24) is 15.1 Å². The number of carbonyl (C=O) groups is 1. The molecule has 6 nitrogen and oxygen atoms in total. The van der Waals surface area contributed by atoms with E-state index in [4.69, 9.17) is 0 Å². The van der Waals surface area contributed by atoms with Gasteiger partial charge in [0.05, 0.1) is 7.11 Å². The Hall–Kier alpha value is -1.99. The SMILES string of the molecule is COC(=O)c1ccc(N2CCN(C(C)c3ccsc3)CC2)nn1. The molecule has 1 fully saturated rings. The molecule has 1 atom stereocenters. The number of ether oxygens (including phenoxy) is 1. The van der Waals surface area contributed by atoms with Gasteiger partial charge in [0.2, 0.25) is 0 Å². The molecule has 122 valence electrons. The Bertz CT molecular complexity index is 637. The van der Waals surface area contributed by atoms with Crippen molar-refractivity contribution >= 4 is 23.1 Å². The van der Waals surface area contributed by atoms with Gasteiger partial charge in [-0.3, -0.25) is 4.90 Å². The third-order valence-electron chi connectivity index (χ3n) is 4.26. The predicted molar refractivity (Wildman–Crippen MR) is 89.9 cm³/mol. The molecular formula is C16H20N4O2S. The smallest absolute Gasteiger partial charge is 0.358 e. The zero-order valence-electron chi connectivity index (χ0n) is 13.3. The largest absolute Gasteiger partial charge is 0.464 e. The zero-order valence-corrected chi connectivity index (χ0v) is 14.1. The van der Waals surface area contributed by atoms with Gasteiger partial charge in [0, 0.05) is 32.2 Å². The van der Waals surface area contributed by atoms with Gasteiger partial charge in [-0.05, 0) is 41.4 Å². The Morgan fingerprint density at radius 2 is 2.00 bits per heavy atom. The van der Waals surface area contributed by atoms with Gasteiger partial charge in [-0.15, -0.1) is 10.2 Å². The van der Waals surface area contributed by atoms with Crippen LogP contribution in [0.1, 0.15) is 29.0 Å². The van der Waals surface area contributed by atoms with E-state index in [1.807, 2.05) is 6.07 Å². The van der Waals surface area contributed by atoms with Gasteiger partial charge >= 0.3 is 5.97 Å². The molecule has 3 rings (SSSR count). The molecule has 0 bridgehead atoms. The highest BCUT2D eigenvalue weighted by Crippen LogP contribution is 2.24. The predicted octanol–water partition coefficient (Wildman–Crippen LogP) is 2.21. The second-order valence-corrected chi connectivity index (χ2v) is 6.30. The van der Waals surface area contributed by atoms with Crippen molar-refractivity contribution in [2.45, 2.75) is 13.0 Å². The Balaban J connectivity index is 1.59. The van der Waals surface area contributed by atoms with Crippen LogP contribution in [0.3, 0.4) is 0 Å². The van der Waals surface area contributed by atoms with Crippen LogP contribution in [0, 0.1) is 0 Å². The van der Waals surface area contributed by atoms with E-state index >= 15 is 0 Å². The van der Waals surface area contributed by atoms with Gasteiger partial charge in [-0.2, -0.15) is 11.3 Å². The van der Waals surface area contributed by atoms with Crippen LogP contribution in [0.15, 0.2) is 29.0 Å². The third kappa shape index (κ3) is 3.51. The summed E-state index contributed by atoms with van der Waals surface area (Å²) in [5, 5.41) is 12.4. The first-order valence-electron chi connectivity index (χ1n) is 7.62. The standard InChI is InChI=1S/C16H20N4O2S/c1-12(13-5-10-23-11-13)19-6-8-20(9-7-19)15-4-3-14(17-18-15)16(21)22-2/h3-5,10-12H,6-9H2,1-2H3. The second-order valence-electron chi connectivity index (χ2n) is 5.52. The summed E-state index contributed by atoms with van der Waals surface area (Å²) < 4.78 is 4.64. The van der Waals surface area contributed by atoms with E-state index in [-0.39, 0.29) is 5.69 Å². The van der Waals surface area contributed by atoms with E-state index in [1.54, 1.807) is 17.4 Å². The van der Waals surface area contributed by atoms with Crippen LogP contribution in [0.5, 0.6) is 0 Å². The summed E-state index contributed by atoms with van der Waals surface area (Å²) in [6, 6.07) is 6.13. The third-order valence-corrected chi connectivity index (χ3v) is 4.96. The number of esters is 1. The number of piperazine rings is 1. The molecule has 2 aromatic heterocycles. The molecule has 7 heteroatoms. The van der Waals surface area contributed by atoms with Crippen LogP contribution < -0.4 is 4.90 Å². The minimum Gasteiger partial charge on any atom is -0.464 e. The number of nitrogens with zero attached hydrogens (tertiary/aromatic N) is 4. The normalized spacial score (nSPS) is 17.0. The van der Waals surface area contributed by atoms with Crippen molar-refractivity contribution in [2.75, 3.05) is 38.2 Å². The first-order chi connectivity index (χ1) is 11.2. The molecule has 2 aromatic rings. The monoisotopic (exact) mass is 332 g/mol. The van der Waals surface area contributed by atoms with Crippen LogP contribution in [0.2, 0.25) is 0 Å². The number of carbonyl (C=O) groups excluding carboxylic acids is 1. The quantitative estimate of drug-likeness (QED) is 0.800. The second kappa shape index (κ2) is 7.06. The lowest BCUT2D eigenvalue weighted by Crippen LogP contribution is -2.47. The number of aromatic nitrogens is 2. The van der Waals surface area contributed by atoms with Gasteiger partial charge in [0.25, 0.3) is 0 Å². The average Bonchev–Trinajstić information content (AvgIpc) is 3.15. The van der Waals surface area contributed by atoms with Crippen molar-refractivity contribution in [3.05, 3.63) is 40.2 Å². The maximum absolute atomic E-state index is 11.4. The van der Waals surface area contributed by atoms with E-state index in [0.29, 0.717) is 6.04 Å². The molecule has 0 saturated carbocycles. The van der Waals surface area contributed by atoms with Crippen molar-refractivity contribution in [1.29, 1.82) is 0 Å². The Labute approximate surface area is 139 Å². The highest BCUT2D eigenvalue weighted by Gasteiger charge is 2.23. The number of rotatable bonds is 4. The van der Waals surface area contributed by atoms with Crippen LogP contribution in [-0.4, -0.2) is 54.4 Å². The highest BCUT2D eigenvalue weighted by atomic mass is 32.1. The fourth-order valence-electron chi connectivity index (χ4n) is 2.77. The first kappa shape index (κ1) is 15.9. The molecule has 23 heavy (non-hydrogen) atoms. The zero-order chi connectivity index (χ0) is 16.2. The molecule has 0 aliphatic carbocycles. The minimum absolute atomic E-state index is 0.237. The van der Waals surface area contributed by atoms with Crippen molar-refractivity contribution in [2.24, 2.45) is 0 Å². The van der Waals surface area contributed by atoms with Crippen LogP contribution in [0.25, 0.3) is 0 Å². The molecule has 0 spiro atoms. The Kier molecular flexibility index (Phi) is 4.88. The summed E-state index contributed by atoms with van der Waals surface area (Å²) in [5.74, 6) is 0.346. The maximum atomic E-state index is 11.4. The summed E-state index contributed by atoms with van der Waals surface area (Å²) in [4.78, 5) is 16.1. The lowest BCUT2D eigenvalue weighted by molar-refractivity contribution is 0.0592. The van der Waals surface area contributed by atoms with Crippen molar-refractivity contribution in [3.63, 3.8) is 0 Å². The van der Waals surface area contributed by atoms with Gasteiger partial charge in [-0.1, -0.05) is 0 Å². The summed E-state index contributed by atoms with van der Waals surface area (Å²) in [6.45, 7) is 6.03. The van der Waals surface area contributed by atoms with Gasteiger partial charge < -0.3 is 9.64 Å². The summed E-state index contributed by atoms with van der Waals surface area (Å²) >= 11 is 1.74. The van der Waals surface area contributed by atoms with Crippen molar-refractivity contribution in [3.8, 4) is 0 Å². The Morgan fingerprint density at radius 3 is 2.57 bits per heavy atom. The van der Waals surface area contributed by atoms with Crippen LogP contribution >= 0.6 is 11.3 Å². The molecule has 0 radical (unpaired) electrons. The summed E-state index contributed by atoms with van der Waals surface area (Å²) in [6.07, 6.45) is 0. The molecular weight excluding hydrogens is 312 g/mol. The van der Waals surface area contributed by atoms with Crippen LogP contribution in [-0.2, 0) is 4.74 Å². The topological polar surface area (TPSA) is 58.6 Å². The highest BCUT2D eigenvalue weighted by molar-refractivity contribution is 7.07. The number of thiophene rings is 1. The van der Waals surface area contributed by atoms with Crippen LogP contribution in [0.4, 0.5) is 5.82 Å². The Morgan fingerprint density at radius 1 is 1.22 bits per heavy atom. The fourth-order valence-corrected chi connectivity index (χ4v) is 3.52. The van der Waals surface area contributed by atoms with Crippen molar-refractivity contribution < 1.29 is 9.53 Å². The molecule has 0 aromatic carbocycles. The molecule has 0 N–H and O–H groups in total. The van der Waals surface area contributed by atoms with Gasteiger partial charge in [-0.25, -0.2) is 4.79 Å². The van der Waals surface area contributed by atoms with Gasteiger partial charge in [0.15, 0.2) is 11.5 Å². The van der Waals surface area contributed by atoms with E-state index in [1.165, 1.54) is 12.7 Å². The van der Waals surface area contributed by atoms with E-state index in [9.17, 15) is 4.79 Å². The number of anilines is 1. The molecule has 1 aliphatic heterocycles. The number of hydrogen-bond donors (Lipinski definition) is 0. The maximum Gasteiger partial charge on any atom is 0.358 e. The van der Waals surface area contributed by atoms with E-state index < -0.39 is 5.97 Å². The number of methoxy groups -OCH3 is 1. The lowest BCUT2D eigenvalue weighted by atomic mass is 10.1. The first-order valence-corrected chi connectivity index (χ1v) is 8.56.